The summed E-state index contributed by atoms with van der Waals surface area (Å²) < 4.78 is 25.9. The Bertz CT molecular complexity index is 793. The predicted octanol–water partition coefficient (Wildman–Crippen LogP) is 1.95. The van der Waals surface area contributed by atoms with Crippen LogP contribution in [-0.2, 0) is 20.9 Å². The molecule has 1 N–H and O–H groups in total. The second-order valence-corrected chi connectivity index (χ2v) is 5.56. The predicted molar refractivity (Wildman–Crippen MR) is 101 cm³/mol. The van der Waals surface area contributed by atoms with Gasteiger partial charge in [-0.05, 0) is 18.2 Å². The van der Waals surface area contributed by atoms with Gasteiger partial charge in [-0.25, -0.2) is 4.79 Å². The maximum absolute atomic E-state index is 11.9. The van der Waals surface area contributed by atoms with E-state index in [-0.39, 0.29) is 13.2 Å². The minimum atomic E-state index is -0.636. The van der Waals surface area contributed by atoms with Crippen molar-refractivity contribution in [1.82, 2.24) is 5.32 Å². The molecule has 0 aromatic heterocycles. The molecule has 0 fully saturated rings. The van der Waals surface area contributed by atoms with Crippen LogP contribution in [0.1, 0.15) is 5.56 Å². The van der Waals surface area contributed by atoms with Gasteiger partial charge in [-0.1, -0.05) is 18.2 Å². The number of benzene rings is 2. The maximum atomic E-state index is 11.9. The number of ether oxygens (including phenoxy) is 5. The summed E-state index contributed by atoms with van der Waals surface area (Å²) in [7, 11) is 4.55. The van der Waals surface area contributed by atoms with Gasteiger partial charge < -0.3 is 29.0 Å². The molecule has 0 aliphatic heterocycles. The van der Waals surface area contributed by atoms with Gasteiger partial charge >= 0.3 is 5.97 Å². The lowest BCUT2D eigenvalue weighted by molar-refractivity contribution is -0.150. The summed E-state index contributed by atoms with van der Waals surface area (Å²) >= 11 is 0. The van der Waals surface area contributed by atoms with Gasteiger partial charge in [-0.15, -0.1) is 0 Å². The summed E-state index contributed by atoms with van der Waals surface area (Å²) in [5, 5.41) is 2.66. The molecule has 0 spiro atoms. The summed E-state index contributed by atoms with van der Waals surface area (Å²) in [5.41, 5.74) is 0.687. The number of methoxy groups -OCH3 is 3. The van der Waals surface area contributed by atoms with E-state index in [0.717, 1.165) is 0 Å². The first-order valence-electron chi connectivity index (χ1n) is 8.46. The molecule has 1 amide bonds. The van der Waals surface area contributed by atoms with E-state index in [0.29, 0.717) is 28.6 Å². The lowest BCUT2D eigenvalue weighted by Gasteiger charge is -2.14. The van der Waals surface area contributed by atoms with Crippen molar-refractivity contribution >= 4 is 11.9 Å². The summed E-state index contributed by atoms with van der Waals surface area (Å²) in [6.45, 7) is -0.520. The SMILES string of the molecule is COc1cc(OC)c(OC)cc1CNC(=O)COC(=O)COc1ccccc1. The second-order valence-electron chi connectivity index (χ2n) is 5.56. The Morgan fingerprint density at radius 1 is 0.857 bits per heavy atom. The van der Waals surface area contributed by atoms with E-state index in [2.05, 4.69) is 5.32 Å². The lowest BCUT2D eigenvalue weighted by atomic mass is 10.1. The third-order valence-corrected chi connectivity index (χ3v) is 3.73. The molecule has 0 saturated heterocycles. The van der Waals surface area contributed by atoms with Crippen LogP contribution in [0.25, 0.3) is 0 Å². The quantitative estimate of drug-likeness (QED) is 0.621. The van der Waals surface area contributed by atoms with E-state index in [1.54, 1.807) is 36.4 Å². The minimum absolute atomic E-state index is 0.167. The van der Waals surface area contributed by atoms with Crippen LogP contribution in [0.4, 0.5) is 0 Å². The number of hydrogen-bond acceptors (Lipinski definition) is 7. The van der Waals surface area contributed by atoms with E-state index >= 15 is 0 Å². The molecule has 8 heteroatoms. The number of rotatable bonds is 10. The highest BCUT2D eigenvalue weighted by Crippen LogP contribution is 2.34. The normalized spacial score (nSPS) is 9.96. The number of esters is 1. The van der Waals surface area contributed by atoms with Gasteiger partial charge in [0.05, 0.1) is 21.3 Å². The minimum Gasteiger partial charge on any atom is -0.496 e. The van der Waals surface area contributed by atoms with Gasteiger partial charge in [-0.2, -0.15) is 0 Å². The Labute approximate surface area is 163 Å². The number of para-hydroxylation sites is 1. The third kappa shape index (κ3) is 6.08. The van der Waals surface area contributed by atoms with Crippen LogP contribution in [0.3, 0.4) is 0 Å². The standard InChI is InChI=1S/C20H23NO7/c1-24-16-10-18(26-3)17(25-2)9-14(16)11-21-19(22)12-28-20(23)13-27-15-7-5-4-6-8-15/h4-10H,11-13H2,1-3H3,(H,21,22). The van der Waals surface area contributed by atoms with Crippen molar-refractivity contribution in [1.29, 1.82) is 0 Å². The molecule has 0 unspecified atom stereocenters. The van der Waals surface area contributed by atoms with Crippen molar-refractivity contribution in [2.24, 2.45) is 0 Å². The molecule has 0 aliphatic carbocycles. The third-order valence-electron chi connectivity index (χ3n) is 3.73. The van der Waals surface area contributed by atoms with Gasteiger partial charge in [0.15, 0.2) is 24.7 Å². The number of amides is 1. The van der Waals surface area contributed by atoms with E-state index in [1.807, 2.05) is 6.07 Å². The van der Waals surface area contributed by atoms with Crippen molar-refractivity contribution in [3.63, 3.8) is 0 Å². The zero-order valence-corrected chi connectivity index (χ0v) is 16.0. The molecule has 0 aliphatic rings. The van der Waals surface area contributed by atoms with E-state index < -0.39 is 18.5 Å². The summed E-state index contributed by atoms with van der Waals surface area (Å²) in [4.78, 5) is 23.6. The smallest absolute Gasteiger partial charge is 0.344 e. The molecular weight excluding hydrogens is 366 g/mol. The van der Waals surface area contributed by atoms with Gasteiger partial charge in [0.25, 0.3) is 5.91 Å². The van der Waals surface area contributed by atoms with Crippen LogP contribution in [0, 0.1) is 0 Å². The molecule has 150 valence electrons. The van der Waals surface area contributed by atoms with Crippen molar-refractivity contribution in [2.75, 3.05) is 34.5 Å². The maximum Gasteiger partial charge on any atom is 0.344 e. The summed E-state index contributed by atoms with van der Waals surface area (Å²) in [5.74, 6) is 1.02. The number of hydrogen-bond donors (Lipinski definition) is 1. The van der Waals surface area contributed by atoms with E-state index in [9.17, 15) is 9.59 Å². The molecular formula is C20H23NO7. The van der Waals surface area contributed by atoms with Gasteiger partial charge in [-0.3, -0.25) is 4.79 Å². The summed E-state index contributed by atoms with van der Waals surface area (Å²) in [6.07, 6.45) is 0. The molecule has 2 rings (SSSR count). The molecule has 0 atom stereocenters. The monoisotopic (exact) mass is 389 g/mol. The van der Waals surface area contributed by atoms with Crippen LogP contribution in [0.5, 0.6) is 23.0 Å². The first kappa shape index (κ1) is 20.9. The largest absolute Gasteiger partial charge is 0.496 e. The van der Waals surface area contributed by atoms with Gasteiger partial charge in [0, 0.05) is 18.2 Å². The average Bonchev–Trinajstić information content (AvgIpc) is 2.74. The fourth-order valence-electron chi connectivity index (χ4n) is 2.32. The average molecular weight is 389 g/mol. The number of carbonyl (C=O) groups is 2. The zero-order valence-electron chi connectivity index (χ0n) is 16.0. The van der Waals surface area contributed by atoms with Crippen LogP contribution >= 0.6 is 0 Å². The lowest BCUT2D eigenvalue weighted by Crippen LogP contribution is -2.29. The fraction of sp³-hybridized carbons (Fsp3) is 0.300. The molecule has 0 saturated carbocycles. The number of carbonyl (C=O) groups excluding carboxylic acids is 2. The molecule has 2 aromatic carbocycles. The van der Waals surface area contributed by atoms with Gasteiger partial charge in [0.1, 0.15) is 11.5 Å². The Morgan fingerprint density at radius 2 is 1.50 bits per heavy atom. The highest BCUT2D eigenvalue weighted by Gasteiger charge is 2.13. The Hall–Kier alpha value is -3.42. The van der Waals surface area contributed by atoms with Crippen molar-refractivity contribution in [3.05, 3.63) is 48.0 Å². The molecule has 8 nitrogen and oxygen atoms in total. The topological polar surface area (TPSA) is 92.3 Å². The highest BCUT2D eigenvalue weighted by atomic mass is 16.6. The fourth-order valence-corrected chi connectivity index (χ4v) is 2.32. The molecule has 0 radical (unpaired) electrons. The summed E-state index contributed by atoms with van der Waals surface area (Å²) in [6, 6.07) is 12.2. The van der Waals surface area contributed by atoms with Crippen LogP contribution in [0.15, 0.2) is 42.5 Å². The van der Waals surface area contributed by atoms with E-state index in [1.165, 1.54) is 21.3 Å². The first-order valence-corrected chi connectivity index (χ1v) is 8.46. The molecule has 28 heavy (non-hydrogen) atoms. The Balaban J connectivity index is 1.81. The first-order chi connectivity index (χ1) is 13.6. The number of nitrogens with one attached hydrogen (secondary N) is 1. The Kier molecular flexibility index (Phi) is 7.95. The van der Waals surface area contributed by atoms with Gasteiger partial charge in [0.2, 0.25) is 0 Å². The molecule has 0 heterocycles. The molecule has 2 aromatic rings. The van der Waals surface area contributed by atoms with Crippen molar-refractivity contribution < 1.29 is 33.3 Å². The van der Waals surface area contributed by atoms with E-state index in [4.69, 9.17) is 23.7 Å². The van der Waals surface area contributed by atoms with Crippen molar-refractivity contribution in [3.8, 4) is 23.0 Å². The highest BCUT2D eigenvalue weighted by molar-refractivity contribution is 5.81. The molecule has 0 bridgehead atoms. The van der Waals surface area contributed by atoms with Crippen molar-refractivity contribution in [2.45, 2.75) is 6.54 Å². The van der Waals surface area contributed by atoms with Crippen LogP contribution in [-0.4, -0.2) is 46.4 Å². The van der Waals surface area contributed by atoms with Crippen LogP contribution < -0.4 is 24.3 Å². The van der Waals surface area contributed by atoms with Crippen LogP contribution in [0.2, 0.25) is 0 Å². The second kappa shape index (κ2) is 10.7. The zero-order chi connectivity index (χ0) is 20.4. The Morgan fingerprint density at radius 3 is 2.14 bits per heavy atom.